The molecule has 2 atom stereocenters. The van der Waals surface area contributed by atoms with Gasteiger partial charge >= 0.3 is 0 Å². The highest BCUT2D eigenvalue weighted by Gasteiger charge is 2.29. The predicted octanol–water partition coefficient (Wildman–Crippen LogP) is 1.90. The molecule has 1 heterocycles. The molecule has 1 aliphatic heterocycles. The summed E-state index contributed by atoms with van der Waals surface area (Å²) in [6.07, 6.45) is 1.47. The number of ether oxygens (including phenoxy) is 1. The second-order valence-corrected chi connectivity index (χ2v) is 5.31. The second-order valence-electron chi connectivity index (χ2n) is 5.31. The Morgan fingerprint density at radius 3 is 2.75 bits per heavy atom. The average Bonchev–Trinajstić information content (AvgIpc) is 2.90. The molecule has 1 aromatic carbocycles. The normalized spacial score (nSPS) is 18.5. The molecule has 0 saturated carbocycles. The van der Waals surface area contributed by atoms with E-state index < -0.39 is 12.2 Å². The van der Waals surface area contributed by atoms with Crippen molar-refractivity contribution in [2.24, 2.45) is 5.92 Å². The maximum absolute atomic E-state index is 12.1. The highest BCUT2D eigenvalue weighted by atomic mass is 16.5. The largest absolute Gasteiger partial charge is 0.480 e. The van der Waals surface area contributed by atoms with Gasteiger partial charge in [0.2, 0.25) is 0 Å². The molecule has 0 spiro atoms. The van der Waals surface area contributed by atoms with Crippen LogP contribution in [0.2, 0.25) is 0 Å². The predicted molar refractivity (Wildman–Crippen MR) is 77.7 cm³/mol. The van der Waals surface area contributed by atoms with Gasteiger partial charge in [0, 0.05) is 13.0 Å². The molecule has 1 aromatic rings. The Bertz CT molecular complexity index is 432. The van der Waals surface area contributed by atoms with E-state index in [1.807, 2.05) is 24.3 Å². The first-order valence-corrected chi connectivity index (χ1v) is 7.36. The summed E-state index contributed by atoms with van der Waals surface area (Å²) in [6, 6.07) is 7.69. The topological polar surface area (TPSA) is 58.6 Å². The van der Waals surface area contributed by atoms with Crippen LogP contribution in [0.1, 0.15) is 32.3 Å². The van der Waals surface area contributed by atoms with Crippen molar-refractivity contribution in [3.8, 4) is 5.75 Å². The van der Waals surface area contributed by atoms with E-state index in [0.717, 1.165) is 24.2 Å². The van der Waals surface area contributed by atoms with E-state index in [4.69, 9.17) is 4.74 Å². The van der Waals surface area contributed by atoms with E-state index in [9.17, 15) is 9.90 Å². The van der Waals surface area contributed by atoms with Crippen LogP contribution >= 0.6 is 0 Å². The van der Waals surface area contributed by atoms with Gasteiger partial charge in [-0.05, 0) is 17.5 Å². The zero-order chi connectivity index (χ0) is 14.5. The van der Waals surface area contributed by atoms with Crippen LogP contribution in [0.3, 0.4) is 0 Å². The molecular formula is C16H23NO3. The van der Waals surface area contributed by atoms with E-state index in [2.05, 4.69) is 19.2 Å². The van der Waals surface area contributed by atoms with Crippen LogP contribution in [0.15, 0.2) is 24.3 Å². The maximum Gasteiger partial charge on any atom is 0.261 e. The summed E-state index contributed by atoms with van der Waals surface area (Å²) in [6.45, 7) is 4.40. The molecule has 1 amide bonds. The van der Waals surface area contributed by atoms with Gasteiger partial charge in [0.1, 0.15) is 5.75 Å². The van der Waals surface area contributed by atoms with Gasteiger partial charge in [-0.3, -0.25) is 4.79 Å². The molecule has 4 heteroatoms. The monoisotopic (exact) mass is 277 g/mol. The molecule has 2 unspecified atom stereocenters. The van der Waals surface area contributed by atoms with Gasteiger partial charge in [-0.1, -0.05) is 44.9 Å². The molecule has 2 N–H and O–H groups in total. The first-order valence-electron chi connectivity index (χ1n) is 7.36. The van der Waals surface area contributed by atoms with Crippen molar-refractivity contribution in [2.45, 2.75) is 45.3 Å². The SMILES string of the molecule is CCC(CC)C(O)CNC(=O)C1Cc2ccccc2O1. The van der Waals surface area contributed by atoms with Crippen LogP contribution in [0, 0.1) is 5.92 Å². The zero-order valence-corrected chi connectivity index (χ0v) is 12.1. The molecule has 4 nitrogen and oxygen atoms in total. The lowest BCUT2D eigenvalue weighted by atomic mass is 9.96. The Kier molecular flexibility index (Phi) is 5.01. The summed E-state index contributed by atoms with van der Waals surface area (Å²) < 4.78 is 5.62. The van der Waals surface area contributed by atoms with E-state index in [-0.39, 0.29) is 11.8 Å². The third kappa shape index (κ3) is 3.31. The van der Waals surface area contributed by atoms with Gasteiger partial charge in [-0.2, -0.15) is 0 Å². The van der Waals surface area contributed by atoms with Crippen LogP contribution in [0.25, 0.3) is 0 Å². The standard InChI is InChI=1S/C16H23NO3/c1-3-11(4-2)13(18)10-17-16(19)15-9-12-7-5-6-8-14(12)20-15/h5-8,11,13,15,18H,3-4,9-10H2,1-2H3,(H,17,19). The number of hydrogen-bond donors (Lipinski definition) is 2. The first-order chi connectivity index (χ1) is 9.65. The molecule has 2 rings (SSSR count). The molecule has 20 heavy (non-hydrogen) atoms. The molecule has 110 valence electrons. The molecule has 0 aromatic heterocycles. The Morgan fingerprint density at radius 2 is 2.10 bits per heavy atom. The summed E-state index contributed by atoms with van der Waals surface area (Å²) in [5.74, 6) is 0.872. The number of aliphatic hydroxyl groups is 1. The molecule has 0 bridgehead atoms. The zero-order valence-electron chi connectivity index (χ0n) is 12.1. The van der Waals surface area contributed by atoms with Crippen molar-refractivity contribution in [3.63, 3.8) is 0 Å². The number of rotatable bonds is 6. The molecular weight excluding hydrogens is 254 g/mol. The lowest BCUT2D eigenvalue weighted by molar-refractivity contribution is -0.127. The fourth-order valence-corrected chi connectivity index (χ4v) is 2.65. The van der Waals surface area contributed by atoms with Gasteiger partial charge in [-0.15, -0.1) is 0 Å². The molecule has 0 saturated heterocycles. The van der Waals surface area contributed by atoms with E-state index in [1.54, 1.807) is 0 Å². The lowest BCUT2D eigenvalue weighted by Crippen LogP contribution is -2.42. The van der Waals surface area contributed by atoms with E-state index in [0.29, 0.717) is 13.0 Å². The third-order valence-electron chi connectivity index (χ3n) is 4.02. The van der Waals surface area contributed by atoms with Gasteiger partial charge in [-0.25, -0.2) is 0 Å². The Hall–Kier alpha value is -1.55. The number of fused-ring (bicyclic) bond motifs is 1. The van der Waals surface area contributed by atoms with Gasteiger partial charge < -0.3 is 15.2 Å². The van der Waals surface area contributed by atoms with Crippen molar-refractivity contribution < 1.29 is 14.6 Å². The van der Waals surface area contributed by atoms with Crippen molar-refractivity contribution in [1.29, 1.82) is 0 Å². The van der Waals surface area contributed by atoms with E-state index in [1.165, 1.54) is 0 Å². The van der Waals surface area contributed by atoms with Gasteiger partial charge in [0.05, 0.1) is 6.10 Å². The van der Waals surface area contributed by atoms with Gasteiger partial charge in [0.15, 0.2) is 6.10 Å². The third-order valence-corrected chi connectivity index (χ3v) is 4.02. The van der Waals surface area contributed by atoms with Crippen molar-refractivity contribution in [2.75, 3.05) is 6.54 Å². The maximum atomic E-state index is 12.1. The number of carbonyl (C=O) groups excluding carboxylic acids is 1. The number of hydrogen-bond acceptors (Lipinski definition) is 3. The fourth-order valence-electron chi connectivity index (χ4n) is 2.65. The Morgan fingerprint density at radius 1 is 1.40 bits per heavy atom. The lowest BCUT2D eigenvalue weighted by Gasteiger charge is -2.21. The first kappa shape index (κ1) is 14.9. The fraction of sp³-hybridized carbons (Fsp3) is 0.562. The summed E-state index contributed by atoms with van der Waals surface area (Å²) in [5, 5.41) is 12.8. The van der Waals surface area contributed by atoms with Crippen molar-refractivity contribution in [3.05, 3.63) is 29.8 Å². The minimum Gasteiger partial charge on any atom is -0.480 e. The van der Waals surface area contributed by atoms with Gasteiger partial charge in [0.25, 0.3) is 5.91 Å². The summed E-state index contributed by atoms with van der Waals surface area (Å²) >= 11 is 0. The van der Waals surface area contributed by atoms with Crippen LogP contribution in [-0.4, -0.2) is 29.8 Å². The van der Waals surface area contributed by atoms with Crippen LogP contribution in [0.4, 0.5) is 0 Å². The number of para-hydroxylation sites is 1. The number of benzene rings is 1. The van der Waals surface area contributed by atoms with Crippen LogP contribution in [0.5, 0.6) is 5.75 Å². The Labute approximate surface area is 120 Å². The molecule has 1 aliphatic rings. The van der Waals surface area contributed by atoms with Crippen molar-refractivity contribution >= 4 is 5.91 Å². The van der Waals surface area contributed by atoms with Crippen molar-refractivity contribution in [1.82, 2.24) is 5.32 Å². The number of aliphatic hydroxyl groups excluding tert-OH is 1. The number of nitrogens with one attached hydrogen (secondary N) is 1. The molecule has 0 fully saturated rings. The van der Waals surface area contributed by atoms with Crippen LogP contribution < -0.4 is 10.1 Å². The number of carbonyl (C=O) groups is 1. The quantitative estimate of drug-likeness (QED) is 0.835. The average molecular weight is 277 g/mol. The highest BCUT2D eigenvalue weighted by Crippen LogP contribution is 2.28. The summed E-state index contributed by atoms with van der Waals surface area (Å²) in [7, 11) is 0. The molecule has 0 aliphatic carbocycles. The number of amides is 1. The van der Waals surface area contributed by atoms with E-state index >= 15 is 0 Å². The summed E-state index contributed by atoms with van der Waals surface area (Å²) in [4.78, 5) is 12.1. The van der Waals surface area contributed by atoms with Crippen LogP contribution in [-0.2, 0) is 11.2 Å². The second kappa shape index (κ2) is 6.75. The minimum absolute atomic E-state index is 0.147. The Balaban J connectivity index is 1.82. The summed E-state index contributed by atoms with van der Waals surface area (Å²) in [5.41, 5.74) is 1.06. The molecule has 0 radical (unpaired) electrons. The minimum atomic E-state index is -0.488. The highest BCUT2D eigenvalue weighted by molar-refractivity contribution is 5.82. The smallest absolute Gasteiger partial charge is 0.261 e.